The zero-order chi connectivity index (χ0) is 20.9. The van der Waals surface area contributed by atoms with Gasteiger partial charge in [-0.1, -0.05) is 54.1 Å². The van der Waals surface area contributed by atoms with Gasteiger partial charge in [-0.25, -0.2) is 4.98 Å². The molecule has 1 atom stereocenters. The highest BCUT2D eigenvalue weighted by atomic mass is 16.2. The molecule has 2 amide bonds. The highest BCUT2D eigenvalue weighted by molar-refractivity contribution is 5.96. The van der Waals surface area contributed by atoms with E-state index in [4.69, 9.17) is 0 Å². The highest BCUT2D eigenvalue weighted by Crippen LogP contribution is 2.24. The second-order valence-corrected chi connectivity index (χ2v) is 7.14. The van der Waals surface area contributed by atoms with Crippen molar-refractivity contribution in [2.24, 2.45) is 0 Å². The zero-order valence-electron chi connectivity index (χ0n) is 16.6. The number of aryl methyl sites for hydroxylation is 1. The van der Waals surface area contributed by atoms with E-state index in [1.807, 2.05) is 67.6 Å². The minimum atomic E-state index is -0.345. The minimum absolute atomic E-state index is 0.109. The van der Waals surface area contributed by atoms with Gasteiger partial charge in [-0.2, -0.15) is 0 Å². The third kappa shape index (κ3) is 4.38. The number of nitrogens with one attached hydrogen (secondary N) is 3. The Kier molecular flexibility index (Phi) is 5.57. The van der Waals surface area contributed by atoms with E-state index in [0.717, 1.165) is 27.7 Å². The van der Waals surface area contributed by atoms with Crippen LogP contribution in [-0.2, 0) is 4.79 Å². The van der Waals surface area contributed by atoms with Gasteiger partial charge in [0.2, 0.25) is 5.91 Å². The lowest BCUT2D eigenvalue weighted by molar-refractivity contribution is -0.120. The molecule has 0 radical (unpaired) electrons. The maximum Gasteiger partial charge on any atom is 0.251 e. The number of fused-ring (bicyclic) bond motifs is 1. The van der Waals surface area contributed by atoms with E-state index in [1.54, 1.807) is 18.5 Å². The highest BCUT2D eigenvalue weighted by Gasteiger charge is 2.18. The molecule has 6 heteroatoms. The van der Waals surface area contributed by atoms with Gasteiger partial charge in [0.05, 0.1) is 29.9 Å². The number of benzene rings is 3. The number of carbonyl (C=O) groups is 2. The first-order valence-corrected chi connectivity index (χ1v) is 9.72. The fraction of sp³-hybridized carbons (Fsp3) is 0.125. The van der Waals surface area contributed by atoms with Gasteiger partial charge in [0, 0.05) is 5.56 Å². The van der Waals surface area contributed by atoms with Crippen molar-refractivity contribution in [1.29, 1.82) is 0 Å². The molecule has 3 N–H and O–H groups in total. The van der Waals surface area contributed by atoms with E-state index in [-0.39, 0.29) is 24.4 Å². The van der Waals surface area contributed by atoms with Crippen LogP contribution >= 0.6 is 0 Å². The first-order chi connectivity index (χ1) is 14.6. The lowest BCUT2D eigenvalue weighted by atomic mass is 9.98. The number of nitrogens with zero attached hydrogens (tertiary/aromatic N) is 1. The van der Waals surface area contributed by atoms with Crippen molar-refractivity contribution in [3.8, 4) is 0 Å². The van der Waals surface area contributed by atoms with Gasteiger partial charge in [-0.05, 0) is 42.3 Å². The largest absolute Gasteiger partial charge is 0.345 e. The fourth-order valence-electron chi connectivity index (χ4n) is 3.32. The Morgan fingerprint density at radius 1 is 0.967 bits per heavy atom. The van der Waals surface area contributed by atoms with Crippen LogP contribution in [0.25, 0.3) is 11.0 Å². The minimum Gasteiger partial charge on any atom is -0.345 e. The summed E-state index contributed by atoms with van der Waals surface area (Å²) < 4.78 is 0. The normalized spacial score (nSPS) is 11.8. The Morgan fingerprint density at radius 2 is 1.73 bits per heavy atom. The van der Waals surface area contributed by atoms with E-state index < -0.39 is 0 Å². The molecule has 0 aliphatic carbocycles. The maximum absolute atomic E-state index is 12.7. The standard InChI is InChI=1S/C24H22N4O2/c1-16-7-9-18(10-8-16)24(30)25-14-22(29)28-23(17-5-3-2-4-6-17)19-11-12-20-21(13-19)27-15-26-20/h2-13,15,23H,14H2,1H3,(H,25,30)(H,26,27)(H,28,29)/t23-/m0/s1. The van der Waals surface area contributed by atoms with Crippen LogP contribution < -0.4 is 10.6 Å². The number of aromatic nitrogens is 2. The Morgan fingerprint density at radius 3 is 2.50 bits per heavy atom. The Labute approximate surface area is 174 Å². The molecule has 30 heavy (non-hydrogen) atoms. The van der Waals surface area contributed by atoms with Gasteiger partial charge in [0.1, 0.15) is 0 Å². The summed E-state index contributed by atoms with van der Waals surface area (Å²) in [4.78, 5) is 32.3. The van der Waals surface area contributed by atoms with Crippen LogP contribution in [0.1, 0.15) is 33.1 Å². The zero-order valence-corrected chi connectivity index (χ0v) is 16.6. The van der Waals surface area contributed by atoms with Crippen LogP contribution in [0.3, 0.4) is 0 Å². The monoisotopic (exact) mass is 398 g/mol. The van der Waals surface area contributed by atoms with Gasteiger partial charge < -0.3 is 15.6 Å². The SMILES string of the molecule is Cc1ccc(C(=O)NCC(=O)N[C@@H](c2ccccc2)c2ccc3nc[nH]c3c2)cc1. The molecule has 4 aromatic rings. The molecule has 0 fully saturated rings. The summed E-state index contributed by atoms with van der Waals surface area (Å²) in [5.41, 5.74) is 5.24. The van der Waals surface area contributed by atoms with Crippen molar-refractivity contribution in [3.63, 3.8) is 0 Å². The first-order valence-electron chi connectivity index (χ1n) is 9.72. The number of carbonyl (C=O) groups excluding carboxylic acids is 2. The summed E-state index contributed by atoms with van der Waals surface area (Å²) in [6.45, 7) is 1.85. The third-order valence-electron chi connectivity index (χ3n) is 4.94. The fourth-order valence-corrected chi connectivity index (χ4v) is 3.32. The van der Waals surface area contributed by atoms with Crippen molar-refractivity contribution in [1.82, 2.24) is 20.6 Å². The van der Waals surface area contributed by atoms with Crippen molar-refractivity contribution in [2.75, 3.05) is 6.54 Å². The van der Waals surface area contributed by atoms with E-state index in [9.17, 15) is 9.59 Å². The lowest BCUT2D eigenvalue weighted by Gasteiger charge is -2.20. The smallest absolute Gasteiger partial charge is 0.251 e. The molecular formula is C24H22N4O2. The number of hydrogen-bond donors (Lipinski definition) is 3. The molecule has 6 nitrogen and oxygen atoms in total. The van der Waals surface area contributed by atoms with Gasteiger partial charge >= 0.3 is 0 Å². The summed E-state index contributed by atoms with van der Waals surface area (Å²) in [6.07, 6.45) is 1.64. The van der Waals surface area contributed by atoms with Crippen molar-refractivity contribution >= 4 is 22.8 Å². The first kappa shape index (κ1) is 19.4. The molecule has 0 aliphatic rings. The predicted molar refractivity (Wildman–Crippen MR) is 116 cm³/mol. The molecule has 3 aromatic carbocycles. The topological polar surface area (TPSA) is 86.9 Å². The van der Waals surface area contributed by atoms with Crippen molar-refractivity contribution in [2.45, 2.75) is 13.0 Å². The molecule has 1 aromatic heterocycles. The quantitative estimate of drug-likeness (QED) is 0.465. The molecule has 0 saturated heterocycles. The van der Waals surface area contributed by atoms with Gasteiger partial charge in [0.25, 0.3) is 5.91 Å². The second-order valence-electron chi connectivity index (χ2n) is 7.14. The van der Waals surface area contributed by atoms with Crippen molar-refractivity contribution < 1.29 is 9.59 Å². The number of rotatable bonds is 6. The molecule has 0 spiro atoms. The summed E-state index contributed by atoms with van der Waals surface area (Å²) in [5, 5.41) is 5.72. The molecule has 0 bridgehead atoms. The Hall–Kier alpha value is -3.93. The van der Waals surface area contributed by atoms with E-state index >= 15 is 0 Å². The maximum atomic E-state index is 12.7. The molecule has 0 saturated carbocycles. The van der Waals surface area contributed by atoms with Crippen LogP contribution in [0.5, 0.6) is 0 Å². The summed E-state index contributed by atoms with van der Waals surface area (Å²) in [5.74, 6) is -0.547. The number of imidazole rings is 1. The molecule has 4 rings (SSSR count). The summed E-state index contributed by atoms with van der Waals surface area (Å²) in [7, 11) is 0. The van der Waals surface area contributed by atoms with Crippen molar-refractivity contribution in [3.05, 3.63) is 101 Å². The Bertz CT molecular complexity index is 1170. The number of aromatic amines is 1. The van der Waals surface area contributed by atoms with E-state index in [1.165, 1.54) is 0 Å². The summed E-state index contributed by atoms with van der Waals surface area (Å²) >= 11 is 0. The average molecular weight is 398 g/mol. The van der Waals surface area contributed by atoms with Crippen LogP contribution in [0.2, 0.25) is 0 Å². The number of amides is 2. The van der Waals surface area contributed by atoms with E-state index in [2.05, 4.69) is 20.6 Å². The lowest BCUT2D eigenvalue weighted by Crippen LogP contribution is -2.39. The van der Waals surface area contributed by atoms with Gasteiger partial charge in [-0.3, -0.25) is 9.59 Å². The number of H-pyrrole nitrogens is 1. The van der Waals surface area contributed by atoms with Crippen LogP contribution in [-0.4, -0.2) is 28.3 Å². The Balaban J connectivity index is 1.49. The molecule has 1 heterocycles. The second kappa shape index (κ2) is 8.61. The van der Waals surface area contributed by atoms with E-state index in [0.29, 0.717) is 5.56 Å². The van der Waals surface area contributed by atoms with Crippen LogP contribution in [0.4, 0.5) is 0 Å². The molecule has 150 valence electrons. The average Bonchev–Trinajstić information content (AvgIpc) is 3.25. The molecular weight excluding hydrogens is 376 g/mol. The van der Waals surface area contributed by atoms with Crippen LogP contribution in [0.15, 0.2) is 79.1 Å². The molecule has 0 unspecified atom stereocenters. The van der Waals surface area contributed by atoms with Gasteiger partial charge in [0.15, 0.2) is 0 Å². The molecule has 0 aliphatic heterocycles. The number of hydrogen-bond acceptors (Lipinski definition) is 3. The summed E-state index contributed by atoms with van der Waals surface area (Å²) in [6, 6.07) is 22.5. The van der Waals surface area contributed by atoms with Crippen LogP contribution in [0, 0.1) is 6.92 Å². The van der Waals surface area contributed by atoms with Gasteiger partial charge in [-0.15, -0.1) is 0 Å². The predicted octanol–water partition coefficient (Wildman–Crippen LogP) is 3.51. The third-order valence-corrected chi connectivity index (χ3v) is 4.94.